The molecule has 0 atom stereocenters. The number of halogens is 1. The van der Waals surface area contributed by atoms with E-state index < -0.39 is 22.8 Å². The number of carbonyl (C=O) groups is 1. The van der Waals surface area contributed by atoms with Gasteiger partial charge in [-0.15, -0.1) is 0 Å². The molecule has 0 saturated carbocycles. The lowest BCUT2D eigenvalue weighted by atomic mass is 10.1. The fourth-order valence-corrected chi connectivity index (χ4v) is 1.47. The second-order valence-corrected chi connectivity index (χ2v) is 3.29. The van der Waals surface area contributed by atoms with Crippen LogP contribution in [0.5, 0.6) is 0 Å². The normalized spacial score (nSPS) is 10.6. The summed E-state index contributed by atoms with van der Waals surface area (Å²) in [6.07, 6.45) is 2.03. The average Bonchev–Trinajstić information content (AvgIpc) is 2.23. The maximum Gasteiger partial charge on any atom is 0.341 e. The van der Waals surface area contributed by atoms with Crippen LogP contribution in [-0.2, 0) is 0 Å². The van der Waals surface area contributed by atoms with Crippen molar-refractivity contribution in [1.29, 1.82) is 0 Å². The van der Waals surface area contributed by atoms with Gasteiger partial charge in [-0.05, 0) is 6.92 Å². The van der Waals surface area contributed by atoms with Crippen molar-refractivity contribution in [3.05, 3.63) is 39.6 Å². The number of fused-ring (bicyclic) bond motifs is 1. The molecule has 0 aliphatic carbocycles. The largest absolute Gasteiger partial charge is 0.477 e. The van der Waals surface area contributed by atoms with Gasteiger partial charge in [0.2, 0.25) is 5.43 Å². The Kier molecular flexibility index (Phi) is 2.19. The van der Waals surface area contributed by atoms with E-state index in [2.05, 4.69) is 9.97 Å². The van der Waals surface area contributed by atoms with Crippen LogP contribution < -0.4 is 5.43 Å². The van der Waals surface area contributed by atoms with Gasteiger partial charge in [0.05, 0.1) is 11.6 Å². The Labute approximate surface area is 88.6 Å². The number of H-pyrrole nitrogens is 1. The highest BCUT2D eigenvalue weighted by Crippen LogP contribution is 2.13. The Hall–Kier alpha value is -2.24. The van der Waals surface area contributed by atoms with Gasteiger partial charge < -0.3 is 10.1 Å². The number of carboxylic acids is 1. The van der Waals surface area contributed by atoms with Crippen LogP contribution in [0.3, 0.4) is 0 Å². The first-order valence-electron chi connectivity index (χ1n) is 4.42. The summed E-state index contributed by atoms with van der Waals surface area (Å²) in [7, 11) is 0. The molecule has 0 unspecified atom stereocenters. The van der Waals surface area contributed by atoms with Crippen molar-refractivity contribution >= 4 is 17.0 Å². The molecule has 82 valence electrons. The van der Waals surface area contributed by atoms with Crippen LogP contribution in [-0.4, -0.2) is 21.0 Å². The lowest BCUT2D eigenvalue weighted by Gasteiger charge is -2.02. The molecule has 2 rings (SSSR count). The molecule has 0 saturated heterocycles. The molecule has 0 aromatic carbocycles. The maximum absolute atomic E-state index is 13.2. The minimum Gasteiger partial charge on any atom is -0.477 e. The van der Waals surface area contributed by atoms with E-state index in [1.807, 2.05) is 0 Å². The first-order chi connectivity index (χ1) is 7.52. The fraction of sp³-hybridized carbons (Fsp3) is 0.100. The highest BCUT2D eigenvalue weighted by atomic mass is 19.1. The zero-order chi connectivity index (χ0) is 11.9. The lowest BCUT2D eigenvalue weighted by molar-refractivity contribution is 0.0695. The zero-order valence-electron chi connectivity index (χ0n) is 8.24. The Morgan fingerprint density at radius 2 is 2.25 bits per heavy atom. The van der Waals surface area contributed by atoms with Crippen LogP contribution in [0.1, 0.15) is 15.9 Å². The molecule has 0 radical (unpaired) electrons. The molecule has 0 amide bonds. The molecule has 0 spiro atoms. The third-order valence-corrected chi connectivity index (χ3v) is 2.33. The first-order valence-corrected chi connectivity index (χ1v) is 4.42. The zero-order valence-corrected chi connectivity index (χ0v) is 8.24. The van der Waals surface area contributed by atoms with E-state index in [0.29, 0.717) is 0 Å². The predicted octanol–water partition coefficient (Wildman–Crippen LogP) is 1.07. The van der Waals surface area contributed by atoms with Crippen molar-refractivity contribution in [2.45, 2.75) is 6.92 Å². The van der Waals surface area contributed by atoms with E-state index in [0.717, 1.165) is 12.4 Å². The van der Waals surface area contributed by atoms with Crippen molar-refractivity contribution in [2.24, 2.45) is 0 Å². The third kappa shape index (κ3) is 1.35. The van der Waals surface area contributed by atoms with Crippen molar-refractivity contribution < 1.29 is 14.3 Å². The Balaban J connectivity index is 2.98. The molecule has 2 aromatic heterocycles. The third-order valence-electron chi connectivity index (χ3n) is 2.33. The van der Waals surface area contributed by atoms with Crippen molar-refractivity contribution in [3.63, 3.8) is 0 Å². The predicted molar refractivity (Wildman–Crippen MR) is 54.0 cm³/mol. The van der Waals surface area contributed by atoms with Crippen LogP contribution in [0.25, 0.3) is 11.0 Å². The first kappa shape index (κ1) is 10.3. The van der Waals surface area contributed by atoms with Gasteiger partial charge in [-0.1, -0.05) is 0 Å². The molecular weight excluding hydrogens is 215 g/mol. The number of carboxylic acid groups (broad SMARTS) is 1. The molecule has 0 aliphatic rings. The Bertz CT molecular complexity index is 648. The van der Waals surface area contributed by atoms with E-state index in [4.69, 9.17) is 5.11 Å². The Morgan fingerprint density at radius 1 is 1.56 bits per heavy atom. The van der Waals surface area contributed by atoms with Gasteiger partial charge in [0.15, 0.2) is 0 Å². The van der Waals surface area contributed by atoms with Gasteiger partial charge in [-0.25, -0.2) is 14.2 Å². The number of pyridine rings is 2. The van der Waals surface area contributed by atoms with Gasteiger partial charge in [0.25, 0.3) is 0 Å². The number of nitrogens with zero attached hydrogens (tertiary/aromatic N) is 1. The molecule has 5 nitrogen and oxygen atoms in total. The molecule has 0 fully saturated rings. The summed E-state index contributed by atoms with van der Waals surface area (Å²) in [6.45, 7) is 1.40. The average molecular weight is 222 g/mol. The molecule has 2 N–H and O–H groups in total. The number of aryl methyl sites for hydroxylation is 1. The second kappa shape index (κ2) is 3.41. The summed E-state index contributed by atoms with van der Waals surface area (Å²) in [4.78, 5) is 28.7. The quantitative estimate of drug-likeness (QED) is 0.755. The smallest absolute Gasteiger partial charge is 0.341 e. The number of hydrogen-bond donors (Lipinski definition) is 2. The molecule has 16 heavy (non-hydrogen) atoms. The van der Waals surface area contributed by atoms with E-state index in [9.17, 15) is 14.0 Å². The highest BCUT2D eigenvalue weighted by molar-refractivity contribution is 5.92. The van der Waals surface area contributed by atoms with Crippen LogP contribution in [0.2, 0.25) is 0 Å². The van der Waals surface area contributed by atoms with Crippen LogP contribution >= 0.6 is 0 Å². The van der Waals surface area contributed by atoms with Gasteiger partial charge >= 0.3 is 5.97 Å². The molecule has 6 heteroatoms. The summed E-state index contributed by atoms with van der Waals surface area (Å²) in [5.41, 5.74) is -0.892. The molecule has 0 aliphatic heterocycles. The number of aromatic carboxylic acids is 1. The Morgan fingerprint density at radius 3 is 2.88 bits per heavy atom. The minimum absolute atomic E-state index is 0.0279. The molecule has 2 aromatic rings. The summed E-state index contributed by atoms with van der Waals surface area (Å²) in [6, 6.07) is 0. The van der Waals surface area contributed by atoms with E-state index in [1.54, 1.807) is 0 Å². The summed E-state index contributed by atoms with van der Waals surface area (Å²) in [5.74, 6) is -1.99. The number of rotatable bonds is 1. The number of aromatic nitrogens is 2. The van der Waals surface area contributed by atoms with Crippen LogP contribution in [0.15, 0.2) is 17.2 Å². The van der Waals surface area contributed by atoms with Gasteiger partial charge in [0, 0.05) is 11.8 Å². The maximum atomic E-state index is 13.2. The van der Waals surface area contributed by atoms with Crippen molar-refractivity contribution in [2.75, 3.05) is 0 Å². The van der Waals surface area contributed by atoms with Gasteiger partial charge in [-0.2, -0.15) is 0 Å². The van der Waals surface area contributed by atoms with Crippen LogP contribution in [0.4, 0.5) is 4.39 Å². The van der Waals surface area contributed by atoms with Gasteiger partial charge in [-0.3, -0.25) is 4.79 Å². The highest BCUT2D eigenvalue weighted by Gasteiger charge is 2.15. The summed E-state index contributed by atoms with van der Waals surface area (Å²) in [5, 5.41) is 8.72. The summed E-state index contributed by atoms with van der Waals surface area (Å²) >= 11 is 0. The lowest BCUT2D eigenvalue weighted by Crippen LogP contribution is -2.17. The number of nitrogens with one attached hydrogen (secondary N) is 1. The minimum atomic E-state index is -1.35. The number of aromatic amines is 1. The van der Waals surface area contributed by atoms with E-state index >= 15 is 0 Å². The monoisotopic (exact) mass is 222 g/mol. The topological polar surface area (TPSA) is 83.1 Å². The molecule has 0 bridgehead atoms. The molecule has 2 heterocycles. The second-order valence-electron chi connectivity index (χ2n) is 3.29. The number of hydrogen-bond acceptors (Lipinski definition) is 3. The van der Waals surface area contributed by atoms with Crippen molar-refractivity contribution in [1.82, 2.24) is 9.97 Å². The van der Waals surface area contributed by atoms with Crippen molar-refractivity contribution in [3.8, 4) is 0 Å². The standard InChI is InChI=1S/C10H7FN2O3/c1-4-6(11)3-13-9-7(4)8(14)5(2-12-9)10(15)16/h2-3H,1H3,(H,15,16)(H,12,13,14). The van der Waals surface area contributed by atoms with Gasteiger partial charge in [0.1, 0.15) is 17.0 Å². The van der Waals surface area contributed by atoms with E-state index in [1.165, 1.54) is 6.92 Å². The SMILES string of the molecule is Cc1c(F)cnc2[nH]cc(C(=O)O)c(=O)c12. The fourth-order valence-electron chi connectivity index (χ4n) is 1.47. The molecular formula is C10H7FN2O3. The van der Waals surface area contributed by atoms with E-state index in [-0.39, 0.29) is 16.6 Å². The summed E-state index contributed by atoms with van der Waals surface area (Å²) < 4.78 is 13.2. The van der Waals surface area contributed by atoms with Crippen LogP contribution in [0, 0.1) is 12.7 Å².